The van der Waals surface area contributed by atoms with Crippen molar-refractivity contribution in [3.8, 4) is 0 Å². The third-order valence-corrected chi connectivity index (χ3v) is 6.07. The number of nitrogens with one attached hydrogen (secondary N) is 4. The Kier molecular flexibility index (Phi) is 11.6. The maximum atomic E-state index is 13.2. The van der Waals surface area contributed by atoms with Crippen molar-refractivity contribution in [2.24, 2.45) is 11.7 Å². The molecule has 0 bridgehead atoms. The fourth-order valence-corrected chi connectivity index (χ4v) is 4.08. The zero-order valence-electron chi connectivity index (χ0n) is 22.2. The van der Waals surface area contributed by atoms with E-state index >= 15 is 0 Å². The van der Waals surface area contributed by atoms with Crippen LogP contribution in [0, 0.1) is 5.92 Å². The van der Waals surface area contributed by atoms with Crippen LogP contribution in [0.5, 0.6) is 0 Å². The van der Waals surface area contributed by atoms with Crippen LogP contribution in [0.25, 0.3) is 10.9 Å². The molecule has 9 N–H and O–H groups in total. The molecule has 1 aromatic heterocycles. The van der Waals surface area contributed by atoms with E-state index in [0.717, 1.165) is 10.9 Å². The summed E-state index contributed by atoms with van der Waals surface area (Å²) in [5.74, 6) is -6.74. The third-order valence-electron chi connectivity index (χ3n) is 6.07. The van der Waals surface area contributed by atoms with Crippen molar-refractivity contribution in [3.05, 3.63) is 36.0 Å². The lowest BCUT2D eigenvalue weighted by Crippen LogP contribution is -2.58. The molecule has 14 heteroatoms. The molecular formula is C26H35N5O9. The predicted octanol–water partition coefficient (Wildman–Crippen LogP) is -0.0377. The van der Waals surface area contributed by atoms with Gasteiger partial charge in [0.15, 0.2) is 0 Å². The number of hydrogen-bond acceptors (Lipinski definition) is 7. The first-order chi connectivity index (χ1) is 18.8. The SMILES string of the molecule is CC(C)CC(N)C(=O)NC(CC(=O)O)C(=O)NC(Cc1c[nH]c2ccccc12)C(=O)NC(CCC(=O)O)C(=O)O. The predicted molar refractivity (Wildman–Crippen MR) is 142 cm³/mol. The number of carboxylic acids is 3. The molecule has 0 spiro atoms. The van der Waals surface area contributed by atoms with Crippen molar-refractivity contribution < 1.29 is 44.1 Å². The van der Waals surface area contributed by atoms with Gasteiger partial charge in [0.1, 0.15) is 18.1 Å². The van der Waals surface area contributed by atoms with Gasteiger partial charge < -0.3 is 42.0 Å². The number of aromatic nitrogens is 1. The minimum absolute atomic E-state index is 0.0556. The van der Waals surface area contributed by atoms with Crippen molar-refractivity contribution in [2.75, 3.05) is 0 Å². The van der Waals surface area contributed by atoms with Crippen molar-refractivity contribution >= 4 is 46.5 Å². The molecule has 40 heavy (non-hydrogen) atoms. The summed E-state index contributed by atoms with van der Waals surface area (Å²) in [6.45, 7) is 3.67. The Balaban J connectivity index is 2.32. The smallest absolute Gasteiger partial charge is 0.326 e. The monoisotopic (exact) mass is 561 g/mol. The molecule has 1 heterocycles. The number of carbonyl (C=O) groups excluding carboxylic acids is 3. The number of fused-ring (bicyclic) bond motifs is 1. The molecule has 4 unspecified atom stereocenters. The second kappa shape index (κ2) is 14.6. The summed E-state index contributed by atoms with van der Waals surface area (Å²) in [4.78, 5) is 76.0. The second-order valence-corrected chi connectivity index (χ2v) is 9.85. The number of aliphatic carboxylic acids is 3. The Morgan fingerprint density at radius 2 is 1.45 bits per heavy atom. The molecule has 2 aromatic rings. The van der Waals surface area contributed by atoms with Gasteiger partial charge in [-0.1, -0.05) is 32.0 Å². The van der Waals surface area contributed by atoms with E-state index < -0.39 is 79.1 Å². The minimum Gasteiger partial charge on any atom is -0.481 e. The van der Waals surface area contributed by atoms with Gasteiger partial charge in [-0.05, 0) is 30.4 Å². The molecule has 0 aliphatic rings. The second-order valence-electron chi connectivity index (χ2n) is 9.85. The van der Waals surface area contributed by atoms with Gasteiger partial charge >= 0.3 is 17.9 Å². The van der Waals surface area contributed by atoms with Crippen LogP contribution >= 0.6 is 0 Å². The summed E-state index contributed by atoms with van der Waals surface area (Å²) in [6, 6.07) is 1.57. The van der Waals surface area contributed by atoms with Gasteiger partial charge in [-0.25, -0.2) is 4.79 Å². The van der Waals surface area contributed by atoms with Crippen LogP contribution in [0.15, 0.2) is 30.5 Å². The summed E-state index contributed by atoms with van der Waals surface area (Å²) in [5.41, 5.74) is 7.19. The maximum absolute atomic E-state index is 13.2. The van der Waals surface area contributed by atoms with E-state index in [0.29, 0.717) is 5.56 Å². The number of rotatable bonds is 16. The summed E-state index contributed by atoms with van der Waals surface area (Å²) < 4.78 is 0. The molecule has 0 aliphatic carbocycles. The largest absolute Gasteiger partial charge is 0.481 e. The number of amides is 3. The van der Waals surface area contributed by atoms with Gasteiger partial charge in [-0.2, -0.15) is 0 Å². The van der Waals surface area contributed by atoms with Crippen molar-refractivity contribution in [1.82, 2.24) is 20.9 Å². The topological polar surface area (TPSA) is 241 Å². The first-order valence-corrected chi connectivity index (χ1v) is 12.7. The van der Waals surface area contributed by atoms with Gasteiger partial charge in [0, 0.05) is 29.9 Å². The summed E-state index contributed by atoms with van der Waals surface area (Å²) in [5, 5.41) is 35.4. The molecule has 0 radical (unpaired) electrons. The van der Waals surface area contributed by atoms with Gasteiger partial charge in [0.05, 0.1) is 12.5 Å². The zero-order valence-corrected chi connectivity index (χ0v) is 22.2. The highest BCUT2D eigenvalue weighted by Crippen LogP contribution is 2.19. The number of carbonyl (C=O) groups is 6. The number of aromatic amines is 1. The molecule has 2 rings (SSSR count). The van der Waals surface area contributed by atoms with Crippen LogP contribution in [-0.2, 0) is 35.2 Å². The van der Waals surface area contributed by atoms with Crippen molar-refractivity contribution in [2.45, 2.75) is 70.1 Å². The Labute approximate surface area is 229 Å². The number of H-pyrrole nitrogens is 1. The maximum Gasteiger partial charge on any atom is 0.326 e. The van der Waals surface area contributed by atoms with Gasteiger partial charge in [0.25, 0.3) is 0 Å². The van der Waals surface area contributed by atoms with Crippen molar-refractivity contribution in [1.29, 1.82) is 0 Å². The van der Waals surface area contributed by atoms with E-state index in [2.05, 4.69) is 20.9 Å². The Morgan fingerprint density at radius 1 is 0.850 bits per heavy atom. The lowest BCUT2D eigenvalue weighted by molar-refractivity contribution is -0.144. The number of para-hydroxylation sites is 1. The standard InChI is InChI=1S/C26H35N5O9/c1-13(2)9-16(27)23(36)30-20(11-22(34)35)25(38)31-19(10-14-12-28-17-6-4-3-5-15(14)17)24(37)29-18(26(39)40)7-8-21(32)33/h3-6,12-13,16,18-20,28H,7-11,27H2,1-2H3,(H,29,37)(H,30,36)(H,31,38)(H,32,33)(H,34,35)(H,39,40). The van der Waals surface area contributed by atoms with E-state index in [9.17, 15) is 39.0 Å². The highest BCUT2D eigenvalue weighted by Gasteiger charge is 2.32. The Bertz CT molecular complexity index is 1240. The minimum atomic E-state index is -1.58. The first kappa shape index (κ1) is 31.8. The molecule has 0 saturated heterocycles. The fraction of sp³-hybridized carbons (Fsp3) is 0.462. The van der Waals surface area contributed by atoms with E-state index in [1.54, 1.807) is 30.5 Å². The molecule has 4 atom stereocenters. The van der Waals surface area contributed by atoms with Crippen molar-refractivity contribution in [3.63, 3.8) is 0 Å². The lowest BCUT2D eigenvalue weighted by atomic mass is 10.0. The number of hydrogen-bond donors (Lipinski definition) is 8. The molecule has 0 fully saturated rings. The Hall–Kier alpha value is -4.46. The molecule has 14 nitrogen and oxygen atoms in total. The van der Waals surface area contributed by atoms with Gasteiger partial charge in [-0.15, -0.1) is 0 Å². The average Bonchev–Trinajstić information content (AvgIpc) is 3.27. The quantitative estimate of drug-likeness (QED) is 0.136. The van der Waals surface area contributed by atoms with Crippen LogP contribution in [0.4, 0.5) is 0 Å². The van der Waals surface area contributed by atoms with Crippen LogP contribution in [-0.4, -0.2) is 80.1 Å². The normalized spacial score (nSPS) is 14.1. The summed E-state index contributed by atoms with van der Waals surface area (Å²) >= 11 is 0. The van der Waals surface area contributed by atoms with Gasteiger partial charge in [0.2, 0.25) is 17.7 Å². The van der Waals surface area contributed by atoms with E-state index in [1.165, 1.54) is 0 Å². The van der Waals surface area contributed by atoms with E-state index in [4.69, 9.17) is 10.8 Å². The molecule has 3 amide bonds. The number of carboxylic acid groups (broad SMARTS) is 3. The van der Waals surface area contributed by atoms with Crippen LogP contribution in [0.1, 0.15) is 45.1 Å². The number of nitrogens with two attached hydrogens (primary N) is 1. The van der Waals surface area contributed by atoms with Crippen LogP contribution in [0.2, 0.25) is 0 Å². The Morgan fingerprint density at radius 3 is 2.05 bits per heavy atom. The van der Waals surface area contributed by atoms with Gasteiger partial charge in [-0.3, -0.25) is 24.0 Å². The molecule has 218 valence electrons. The molecular weight excluding hydrogens is 526 g/mol. The summed E-state index contributed by atoms with van der Waals surface area (Å²) in [7, 11) is 0. The van der Waals surface area contributed by atoms with E-state index in [-0.39, 0.29) is 18.8 Å². The first-order valence-electron chi connectivity index (χ1n) is 12.7. The molecule has 1 aromatic carbocycles. The van der Waals surface area contributed by atoms with Crippen LogP contribution < -0.4 is 21.7 Å². The lowest BCUT2D eigenvalue weighted by Gasteiger charge is -2.25. The molecule has 0 aliphatic heterocycles. The highest BCUT2D eigenvalue weighted by atomic mass is 16.4. The summed E-state index contributed by atoms with van der Waals surface area (Å²) in [6.07, 6.45) is 0.0241. The average molecular weight is 562 g/mol. The van der Waals surface area contributed by atoms with E-state index in [1.807, 2.05) is 13.8 Å². The number of benzene rings is 1. The highest BCUT2D eigenvalue weighted by molar-refractivity contribution is 5.96. The fourth-order valence-electron chi connectivity index (χ4n) is 4.08. The third kappa shape index (κ3) is 9.69. The van der Waals surface area contributed by atoms with Crippen LogP contribution in [0.3, 0.4) is 0 Å². The molecule has 0 saturated carbocycles. The zero-order chi connectivity index (χ0) is 30.0.